The molecule has 3 nitrogen and oxygen atoms in total. The molecule has 3 heteroatoms. The number of carbonyl (C=O) groups is 1. The van der Waals surface area contributed by atoms with Gasteiger partial charge in [0.25, 0.3) is 0 Å². The van der Waals surface area contributed by atoms with Crippen LogP contribution in [0.15, 0.2) is 36.4 Å². The van der Waals surface area contributed by atoms with Gasteiger partial charge in [-0.05, 0) is 29.8 Å². The first-order valence-electron chi connectivity index (χ1n) is 5.22. The number of rotatable bonds is 3. The predicted octanol–water partition coefficient (Wildman–Crippen LogP) is 2.97. The molecule has 0 bridgehead atoms. The highest BCUT2D eigenvalue weighted by Gasteiger charge is 2.09. The summed E-state index contributed by atoms with van der Waals surface area (Å²) in [5.74, 6) is -0.893. The molecule has 16 heavy (non-hydrogen) atoms. The van der Waals surface area contributed by atoms with Crippen LogP contribution < -0.4 is 5.32 Å². The zero-order chi connectivity index (χ0) is 11.5. The van der Waals surface area contributed by atoms with E-state index >= 15 is 0 Å². The standard InChI is InChI=1S/C13H13NO2/c1-2-14-10-7-9-5-3-4-6-11(9)12(8-10)13(15)16/h3-8,14H,2H2,1H3,(H,15,16). The van der Waals surface area contributed by atoms with Crippen LogP contribution in [-0.4, -0.2) is 17.6 Å². The molecule has 0 unspecified atom stereocenters. The smallest absolute Gasteiger partial charge is 0.336 e. The van der Waals surface area contributed by atoms with Crippen molar-refractivity contribution in [3.63, 3.8) is 0 Å². The summed E-state index contributed by atoms with van der Waals surface area (Å²) < 4.78 is 0. The van der Waals surface area contributed by atoms with Crippen molar-refractivity contribution < 1.29 is 9.90 Å². The number of carboxylic acids is 1. The molecule has 0 aliphatic heterocycles. The average molecular weight is 215 g/mol. The molecule has 0 radical (unpaired) electrons. The van der Waals surface area contributed by atoms with Gasteiger partial charge >= 0.3 is 5.97 Å². The van der Waals surface area contributed by atoms with E-state index < -0.39 is 5.97 Å². The lowest BCUT2D eigenvalue weighted by Gasteiger charge is -2.08. The Labute approximate surface area is 93.7 Å². The number of carboxylic acid groups (broad SMARTS) is 1. The Balaban J connectivity index is 2.68. The molecule has 2 aromatic carbocycles. The van der Waals surface area contributed by atoms with E-state index in [4.69, 9.17) is 5.11 Å². The van der Waals surface area contributed by atoms with Gasteiger partial charge in [0.1, 0.15) is 0 Å². The zero-order valence-corrected chi connectivity index (χ0v) is 9.03. The maximum atomic E-state index is 11.1. The molecule has 0 fully saturated rings. The van der Waals surface area contributed by atoms with Crippen LogP contribution in [0.1, 0.15) is 17.3 Å². The minimum Gasteiger partial charge on any atom is -0.478 e. The van der Waals surface area contributed by atoms with Gasteiger partial charge in [0.2, 0.25) is 0 Å². The Morgan fingerprint density at radius 3 is 2.75 bits per heavy atom. The first-order valence-corrected chi connectivity index (χ1v) is 5.22. The highest BCUT2D eigenvalue weighted by atomic mass is 16.4. The van der Waals surface area contributed by atoms with E-state index in [0.717, 1.165) is 23.0 Å². The van der Waals surface area contributed by atoms with Crippen molar-refractivity contribution in [2.75, 3.05) is 11.9 Å². The van der Waals surface area contributed by atoms with Crippen molar-refractivity contribution in [2.45, 2.75) is 6.92 Å². The van der Waals surface area contributed by atoms with E-state index in [2.05, 4.69) is 5.32 Å². The van der Waals surface area contributed by atoms with Gasteiger partial charge in [0.05, 0.1) is 5.56 Å². The van der Waals surface area contributed by atoms with Crippen molar-refractivity contribution in [2.24, 2.45) is 0 Å². The van der Waals surface area contributed by atoms with Crippen LogP contribution in [0.3, 0.4) is 0 Å². The Hall–Kier alpha value is -2.03. The Bertz CT molecular complexity index is 534. The summed E-state index contributed by atoms with van der Waals surface area (Å²) in [6, 6.07) is 11.1. The molecule has 0 spiro atoms. The number of benzene rings is 2. The molecule has 2 aromatic rings. The lowest BCUT2D eigenvalue weighted by atomic mass is 10.0. The Morgan fingerprint density at radius 1 is 1.31 bits per heavy atom. The largest absolute Gasteiger partial charge is 0.478 e. The highest BCUT2D eigenvalue weighted by Crippen LogP contribution is 2.23. The van der Waals surface area contributed by atoms with Crippen molar-refractivity contribution in [1.29, 1.82) is 0 Å². The molecule has 2 N–H and O–H groups in total. The fourth-order valence-corrected chi connectivity index (χ4v) is 1.79. The molecular formula is C13H13NO2. The molecule has 0 saturated heterocycles. The van der Waals surface area contributed by atoms with Gasteiger partial charge in [-0.2, -0.15) is 0 Å². The maximum Gasteiger partial charge on any atom is 0.336 e. The topological polar surface area (TPSA) is 49.3 Å². The molecule has 0 saturated carbocycles. The summed E-state index contributed by atoms with van der Waals surface area (Å²) in [6.07, 6.45) is 0. The van der Waals surface area contributed by atoms with E-state index in [9.17, 15) is 4.79 Å². The van der Waals surface area contributed by atoms with Crippen LogP contribution in [-0.2, 0) is 0 Å². The predicted molar refractivity (Wildman–Crippen MR) is 65.1 cm³/mol. The van der Waals surface area contributed by atoms with E-state index in [1.54, 1.807) is 6.07 Å². The van der Waals surface area contributed by atoms with Gasteiger partial charge in [-0.3, -0.25) is 0 Å². The fraction of sp³-hybridized carbons (Fsp3) is 0.154. The van der Waals surface area contributed by atoms with E-state index in [-0.39, 0.29) is 0 Å². The Morgan fingerprint density at radius 2 is 2.06 bits per heavy atom. The molecule has 0 atom stereocenters. The highest BCUT2D eigenvalue weighted by molar-refractivity contribution is 6.05. The Kier molecular flexibility index (Phi) is 2.77. The summed E-state index contributed by atoms with van der Waals surface area (Å²) >= 11 is 0. The molecule has 0 aliphatic carbocycles. The summed E-state index contributed by atoms with van der Waals surface area (Å²) in [6.45, 7) is 2.76. The van der Waals surface area contributed by atoms with Crippen molar-refractivity contribution >= 4 is 22.4 Å². The molecule has 0 aromatic heterocycles. The molecule has 82 valence electrons. The second-order valence-electron chi connectivity index (χ2n) is 3.58. The molecular weight excluding hydrogens is 202 g/mol. The van der Waals surface area contributed by atoms with Gasteiger partial charge in [0.15, 0.2) is 0 Å². The molecule has 0 heterocycles. The third kappa shape index (κ3) is 1.84. The van der Waals surface area contributed by atoms with Gasteiger partial charge < -0.3 is 10.4 Å². The van der Waals surface area contributed by atoms with Crippen molar-refractivity contribution in [3.8, 4) is 0 Å². The number of aromatic carboxylic acids is 1. The number of hydrogen-bond acceptors (Lipinski definition) is 2. The zero-order valence-electron chi connectivity index (χ0n) is 9.03. The number of anilines is 1. The van der Waals surface area contributed by atoms with E-state index in [0.29, 0.717) is 5.56 Å². The summed E-state index contributed by atoms with van der Waals surface area (Å²) in [5, 5.41) is 14.0. The second kappa shape index (κ2) is 4.23. The first kappa shape index (κ1) is 10.5. The van der Waals surface area contributed by atoms with Crippen LogP contribution in [0.25, 0.3) is 10.8 Å². The number of fused-ring (bicyclic) bond motifs is 1. The number of nitrogens with one attached hydrogen (secondary N) is 1. The van der Waals surface area contributed by atoms with Gasteiger partial charge in [-0.1, -0.05) is 24.3 Å². The van der Waals surface area contributed by atoms with Gasteiger partial charge in [-0.15, -0.1) is 0 Å². The monoisotopic (exact) mass is 215 g/mol. The first-order chi connectivity index (χ1) is 7.72. The van der Waals surface area contributed by atoms with E-state index in [1.807, 2.05) is 37.3 Å². The molecule has 2 rings (SSSR count). The average Bonchev–Trinajstić information content (AvgIpc) is 2.28. The van der Waals surface area contributed by atoms with Gasteiger partial charge in [0, 0.05) is 12.2 Å². The number of hydrogen-bond donors (Lipinski definition) is 2. The van der Waals surface area contributed by atoms with Crippen LogP contribution in [0.4, 0.5) is 5.69 Å². The normalized spacial score (nSPS) is 10.3. The van der Waals surface area contributed by atoms with Crippen LogP contribution in [0.2, 0.25) is 0 Å². The quantitative estimate of drug-likeness (QED) is 0.827. The van der Waals surface area contributed by atoms with Gasteiger partial charge in [-0.25, -0.2) is 4.79 Å². The van der Waals surface area contributed by atoms with Crippen molar-refractivity contribution in [1.82, 2.24) is 0 Å². The minimum atomic E-state index is -0.893. The summed E-state index contributed by atoms with van der Waals surface area (Å²) in [7, 11) is 0. The van der Waals surface area contributed by atoms with Crippen LogP contribution in [0, 0.1) is 0 Å². The maximum absolute atomic E-state index is 11.1. The minimum absolute atomic E-state index is 0.342. The summed E-state index contributed by atoms with van der Waals surface area (Å²) in [5.41, 5.74) is 1.19. The molecule has 0 aliphatic rings. The van der Waals surface area contributed by atoms with Crippen molar-refractivity contribution in [3.05, 3.63) is 42.0 Å². The van der Waals surface area contributed by atoms with Crippen LogP contribution in [0.5, 0.6) is 0 Å². The van der Waals surface area contributed by atoms with Crippen LogP contribution >= 0.6 is 0 Å². The molecule has 0 amide bonds. The fourth-order valence-electron chi connectivity index (χ4n) is 1.79. The SMILES string of the molecule is CCNc1cc(C(=O)O)c2ccccc2c1. The lowest BCUT2D eigenvalue weighted by molar-refractivity contribution is 0.0699. The summed E-state index contributed by atoms with van der Waals surface area (Å²) in [4.78, 5) is 11.1. The third-order valence-electron chi connectivity index (χ3n) is 2.47. The van der Waals surface area contributed by atoms with E-state index in [1.165, 1.54) is 0 Å². The second-order valence-corrected chi connectivity index (χ2v) is 3.58. The third-order valence-corrected chi connectivity index (χ3v) is 2.47. The lowest BCUT2D eigenvalue weighted by Crippen LogP contribution is -2.02.